The average molecular weight is 342 g/mol. The highest BCUT2D eigenvalue weighted by Gasteiger charge is 2.07. The monoisotopic (exact) mass is 342 g/mol. The van der Waals surface area contributed by atoms with Gasteiger partial charge >= 0.3 is 6.03 Å². The number of hydrogen-bond donors (Lipinski definition) is 2. The number of aromatic nitrogens is 2. The Hall–Kier alpha value is -3.22. The standard InChI is InChI=1S/C18H16F2N4O/c19-14-4-7-17(16(20)12-14)23-18(25)21-10-8-13-2-5-15(6-3-13)24-11-1-9-22-24/h1-7,9,11-12H,8,10H2,(H2,21,23,25). The molecule has 0 spiro atoms. The van der Waals surface area contributed by atoms with Crippen molar-refractivity contribution in [2.45, 2.75) is 6.42 Å². The van der Waals surface area contributed by atoms with E-state index in [0.717, 1.165) is 23.4 Å². The summed E-state index contributed by atoms with van der Waals surface area (Å²) in [6.07, 6.45) is 4.19. The van der Waals surface area contributed by atoms with E-state index in [1.807, 2.05) is 36.5 Å². The Bertz CT molecular complexity index is 848. The quantitative estimate of drug-likeness (QED) is 0.745. The fraction of sp³-hybridized carbons (Fsp3) is 0.111. The highest BCUT2D eigenvalue weighted by molar-refractivity contribution is 5.89. The summed E-state index contributed by atoms with van der Waals surface area (Å²) in [5, 5.41) is 9.13. The van der Waals surface area contributed by atoms with Crippen LogP contribution in [0.3, 0.4) is 0 Å². The molecule has 0 saturated heterocycles. The molecule has 0 aliphatic carbocycles. The minimum Gasteiger partial charge on any atom is -0.338 e. The third kappa shape index (κ3) is 4.41. The first-order chi connectivity index (χ1) is 12.1. The Morgan fingerprint density at radius 2 is 1.92 bits per heavy atom. The van der Waals surface area contributed by atoms with Crippen LogP contribution in [-0.4, -0.2) is 22.4 Å². The lowest BCUT2D eigenvalue weighted by Gasteiger charge is -2.09. The predicted octanol–water partition coefficient (Wildman–Crippen LogP) is 3.51. The van der Waals surface area contributed by atoms with Gasteiger partial charge in [0.15, 0.2) is 0 Å². The number of anilines is 1. The first kappa shape index (κ1) is 16.6. The highest BCUT2D eigenvalue weighted by Crippen LogP contribution is 2.14. The molecule has 1 aromatic heterocycles. The van der Waals surface area contributed by atoms with Crippen molar-refractivity contribution in [3.05, 3.63) is 78.1 Å². The van der Waals surface area contributed by atoms with E-state index in [0.29, 0.717) is 13.0 Å². The number of carbonyl (C=O) groups is 1. The summed E-state index contributed by atoms with van der Waals surface area (Å²) in [5.41, 5.74) is 1.93. The SMILES string of the molecule is O=C(NCCc1ccc(-n2cccn2)cc1)Nc1ccc(F)cc1F. The van der Waals surface area contributed by atoms with Gasteiger partial charge in [0.1, 0.15) is 11.6 Å². The van der Waals surface area contributed by atoms with Gasteiger partial charge in [-0.15, -0.1) is 0 Å². The number of carbonyl (C=O) groups excluding carboxylic acids is 1. The molecule has 2 N–H and O–H groups in total. The summed E-state index contributed by atoms with van der Waals surface area (Å²) >= 11 is 0. The van der Waals surface area contributed by atoms with Crippen LogP contribution in [0.15, 0.2) is 60.9 Å². The molecule has 2 aromatic carbocycles. The second kappa shape index (κ2) is 7.57. The zero-order valence-electron chi connectivity index (χ0n) is 13.2. The predicted molar refractivity (Wildman–Crippen MR) is 90.6 cm³/mol. The Labute approximate surface area is 143 Å². The molecular formula is C18H16F2N4O. The number of nitrogens with zero attached hydrogens (tertiary/aromatic N) is 2. The maximum atomic E-state index is 13.5. The normalized spacial score (nSPS) is 10.5. The van der Waals surface area contributed by atoms with Crippen LogP contribution in [0.25, 0.3) is 5.69 Å². The molecule has 0 radical (unpaired) electrons. The summed E-state index contributed by atoms with van der Waals surface area (Å²) in [6, 6.07) is 12.1. The van der Waals surface area contributed by atoms with Crippen LogP contribution in [-0.2, 0) is 6.42 Å². The summed E-state index contributed by atoms with van der Waals surface area (Å²) in [4.78, 5) is 11.8. The number of amides is 2. The molecule has 0 aliphatic heterocycles. The molecule has 2 amide bonds. The molecule has 3 rings (SSSR count). The number of halogens is 2. The van der Waals surface area contributed by atoms with Crippen molar-refractivity contribution in [2.24, 2.45) is 0 Å². The zero-order chi connectivity index (χ0) is 17.6. The molecule has 0 fully saturated rings. The number of benzene rings is 2. The maximum absolute atomic E-state index is 13.5. The molecule has 1 heterocycles. The van der Waals surface area contributed by atoms with Gasteiger partial charge in [0.05, 0.1) is 11.4 Å². The zero-order valence-corrected chi connectivity index (χ0v) is 13.2. The van der Waals surface area contributed by atoms with Crippen LogP contribution in [0.5, 0.6) is 0 Å². The fourth-order valence-corrected chi connectivity index (χ4v) is 2.31. The molecule has 0 aliphatic rings. The van der Waals surface area contributed by atoms with E-state index in [1.165, 1.54) is 6.07 Å². The van der Waals surface area contributed by atoms with Crippen LogP contribution < -0.4 is 10.6 Å². The topological polar surface area (TPSA) is 59.0 Å². The first-order valence-electron chi connectivity index (χ1n) is 7.71. The van der Waals surface area contributed by atoms with Crippen LogP contribution >= 0.6 is 0 Å². The van der Waals surface area contributed by atoms with Gasteiger partial charge in [-0.05, 0) is 42.3 Å². The Morgan fingerprint density at radius 1 is 1.12 bits per heavy atom. The van der Waals surface area contributed by atoms with Crippen LogP contribution in [0.1, 0.15) is 5.56 Å². The average Bonchev–Trinajstić information content (AvgIpc) is 3.13. The van der Waals surface area contributed by atoms with Gasteiger partial charge in [-0.1, -0.05) is 12.1 Å². The molecule has 0 saturated carbocycles. The Balaban J connectivity index is 1.48. The lowest BCUT2D eigenvalue weighted by atomic mass is 10.1. The van der Waals surface area contributed by atoms with E-state index in [1.54, 1.807) is 10.9 Å². The number of urea groups is 1. The van der Waals surface area contributed by atoms with Gasteiger partial charge in [0.2, 0.25) is 0 Å². The molecule has 5 nitrogen and oxygen atoms in total. The van der Waals surface area contributed by atoms with Gasteiger partial charge in [0, 0.05) is 25.0 Å². The van der Waals surface area contributed by atoms with E-state index in [9.17, 15) is 13.6 Å². The summed E-state index contributed by atoms with van der Waals surface area (Å²) in [6.45, 7) is 0.385. The van der Waals surface area contributed by atoms with E-state index in [-0.39, 0.29) is 5.69 Å². The third-order valence-corrected chi connectivity index (χ3v) is 3.58. The van der Waals surface area contributed by atoms with Crippen LogP contribution in [0, 0.1) is 11.6 Å². The third-order valence-electron chi connectivity index (χ3n) is 3.58. The second-order valence-electron chi connectivity index (χ2n) is 5.37. The van der Waals surface area contributed by atoms with Crippen molar-refractivity contribution < 1.29 is 13.6 Å². The van der Waals surface area contributed by atoms with Crippen LogP contribution in [0.4, 0.5) is 19.3 Å². The summed E-state index contributed by atoms with van der Waals surface area (Å²) in [7, 11) is 0. The van der Waals surface area contributed by atoms with E-state index in [2.05, 4.69) is 15.7 Å². The molecule has 25 heavy (non-hydrogen) atoms. The minimum atomic E-state index is -0.815. The molecular weight excluding hydrogens is 326 g/mol. The first-order valence-corrected chi connectivity index (χ1v) is 7.71. The lowest BCUT2D eigenvalue weighted by Crippen LogP contribution is -2.30. The summed E-state index contributed by atoms with van der Waals surface area (Å²) in [5.74, 6) is -1.51. The van der Waals surface area contributed by atoms with Crippen molar-refractivity contribution >= 4 is 11.7 Å². The largest absolute Gasteiger partial charge is 0.338 e. The minimum absolute atomic E-state index is 0.0672. The van der Waals surface area contributed by atoms with Crippen molar-refractivity contribution in [2.75, 3.05) is 11.9 Å². The van der Waals surface area contributed by atoms with Gasteiger partial charge in [0.25, 0.3) is 0 Å². The second-order valence-corrected chi connectivity index (χ2v) is 5.37. The van der Waals surface area contributed by atoms with E-state index in [4.69, 9.17) is 0 Å². The van der Waals surface area contributed by atoms with Crippen molar-refractivity contribution in [1.82, 2.24) is 15.1 Å². The Morgan fingerprint density at radius 3 is 2.60 bits per heavy atom. The number of rotatable bonds is 5. The van der Waals surface area contributed by atoms with Gasteiger partial charge < -0.3 is 10.6 Å². The lowest BCUT2D eigenvalue weighted by molar-refractivity contribution is 0.252. The van der Waals surface area contributed by atoms with E-state index < -0.39 is 17.7 Å². The maximum Gasteiger partial charge on any atom is 0.319 e. The van der Waals surface area contributed by atoms with Crippen molar-refractivity contribution in [3.8, 4) is 5.69 Å². The number of nitrogens with one attached hydrogen (secondary N) is 2. The van der Waals surface area contributed by atoms with Crippen LogP contribution in [0.2, 0.25) is 0 Å². The van der Waals surface area contributed by atoms with Crippen molar-refractivity contribution in [3.63, 3.8) is 0 Å². The molecule has 7 heteroatoms. The Kier molecular flexibility index (Phi) is 5.03. The molecule has 3 aromatic rings. The number of hydrogen-bond acceptors (Lipinski definition) is 2. The van der Waals surface area contributed by atoms with Gasteiger partial charge in [-0.25, -0.2) is 18.3 Å². The smallest absolute Gasteiger partial charge is 0.319 e. The van der Waals surface area contributed by atoms with Crippen molar-refractivity contribution in [1.29, 1.82) is 0 Å². The molecule has 128 valence electrons. The van der Waals surface area contributed by atoms with Gasteiger partial charge in [-0.3, -0.25) is 0 Å². The highest BCUT2D eigenvalue weighted by atomic mass is 19.1. The fourth-order valence-electron chi connectivity index (χ4n) is 2.31. The molecule has 0 atom stereocenters. The molecule has 0 bridgehead atoms. The summed E-state index contributed by atoms with van der Waals surface area (Å²) < 4.78 is 28.0. The molecule has 0 unspecified atom stereocenters. The van der Waals surface area contributed by atoms with Gasteiger partial charge in [-0.2, -0.15) is 5.10 Å². The van der Waals surface area contributed by atoms with E-state index >= 15 is 0 Å².